The second-order valence-electron chi connectivity index (χ2n) is 6.04. The van der Waals surface area contributed by atoms with E-state index in [4.69, 9.17) is 14.6 Å². The predicted octanol–water partition coefficient (Wildman–Crippen LogP) is 1.91. The van der Waals surface area contributed by atoms with E-state index in [1.165, 1.54) is 0 Å². The third-order valence-electron chi connectivity index (χ3n) is 4.62. The number of ether oxygens (including phenoxy) is 2. The molecule has 1 N–H and O–H groups in total. The summed E-state index contributed by atoms with van der Waals surface area (Å²) >= 11 is 1.55. The van der Waals surface area contributed by atoms with Crippen LogP contribution in [-0.2, 0) is 9.47 Å². The molecular formula is C16H23NO4S. The summed E-state index contributed by atoms with van der Waals surface area (Å²) in [5.41, 5.74) is 0.638. The number of piperidine rings is 1. The average molecular weight is 325 g/mol. The lowest BCUT2D eigenvalue weighted by Crippen LogP contribution is -2.52. The minimum absolute atomic E-state index is 0.0628. The molecule has 122 valence electrons. The van der Waals surface area contributed by atoms with E-state index < -0.39 is 0 Å². The van der Waals surface area contributed by atoms with Gasteiger partial charge in [0.1, 0.15) is 0 Å². The minimum Gasteiger partial charge on any atom is -0.394 e. The van der Waals surface area contributed by atoms with Crippen molar-refractivity contribution in [2.24, 2.45) is 0 Å². The summed E-state index contributed by atoms with van der Waals surface area (Å²) in [7, 11) is 0. The van der Waals surface area contributed by atoms with Crippen LogP contribution < -0.4 is 0 Å². The van der Waals surface area contributed by atoms with Crippen LogP contribution in [0.1, 0.15) is 36.0 Å². The summed E-state index contributed by atoms with van der Waals surface area (Å²) in [5.74, 6) is 0.125. The molecule has 0 radical (unpaired) electrons. The molecule has 1 spiro atoms. The summed E-state index contributed by atoms with van der Waals surface area (Å²) in [6.45, 7) is 2.63. The number of carbonyl (C=O) groups is 1. The van der Waals surface area contributed by atoms with Gasteiger partial charge in [-0.05, 0) is 30.7 Å². The average Bonchev–Trinajstić information content (AvgIpc) is 3.08. The Bertz CT molecular complexity index is 482. The first-order chi connectivity index (χ1) is 10.7. The van der Waals surface area contributed by atoms with Gasteiger partial charge in [0.15, 0.2) is 0 Å². The van der Waals surface area contributed by atoms with Crippen LogP contribution in [0.5, 0.6) is 0 Å². The smallest absolute Gasteiger partial charge is 0.254 e. The summed E-state index contributed by atoms with van der Waals surface area (Å²) in [6, 6.07) is 1.88. The second kappa shape index (κ2) is 7.08. The van der Waals surface area contributed by atoms with Gasteiger partial charge in [0.2, 0.25) is 0 Å². The summed E-state index contributed by atoms with van der Waals surface area (Å²) in [4.78, 5) is 14.3. The number of hydrogen-bond acceptors (Lipinski definition) is 5. The fourth-order valence-corrected chi connectivity index (χ4v) is 4.01. The van der Waals surface area contributed by atoms with E-state index in [0.29, 0.717) is 13.2 Å². The maximum absolute atomic E-state index is 12.4. The van der Waals surface area contributed by atoms with Crippen LogP contribution >= 0.6 is 11.3 Å². The summed E-state index contributed by atoms with van der Waals surface area (Å²) in [5, 5.41) is 12.7. The van der Waals surface area contributed by atoms with Gasteiger partial charge in [0.25, 0.3) is 5.91 Å². The van der Waals surface area contributed by atoms with Crippen molar-refractivity contribution in [3.8, 4) is 0 Å². The number of aliphatic hydroxyl groups excluding tert-OH is 1. The predicted molar refractivity (Wildman–Crippen MR) is 84.2 cm³/mol. The molecule has 1 amide bonds. The Kier molecular flexibility index (Phi) is 5.13. The molecule has 1 aromatic rings. The number of amides is 1. The number of thiophene rings is 1. The van der Waals surface area contributed by atoms with E-state index >= 15 is 0 Å². The standard InChI is InChI=1S/C16H23NO4S/c18-7-9-20-14-1-8-21-16(11-14)3-5-17(6-4-16)15(19)13-2-10-22-12-13/h2,10,12,14,18H,1,3-9,11H2. The second-order valence-corrected chi connectivity index (χ2v) is 6.82. The highest BCUT2D eigenvalue weighted by Gasteiger charge is 2.41. The van der Waals surface area contributed by atoms with Crippen molar-refractivity contribution in [2.45, 2.75) is 37.4 Å². The first kappa shape index (κ1) is 15.9. The van der Waals surface area contributed by atoms with E-state index in [-0.39, 0.29) is 24.2 Å². The Morgan fingerprint density at radius 2 is 2.32 bits per heavy atom. The van der Waals surface area contributed by atoms with Crippen LogP contribution in [0.25, 0.3) is 0 Å². The Labute approximate surface area is 134 Å². The molecule has 2 aliphatic heterocycles. The molecule has 1 unspecified atom stereocenters. The van der Waals surface area contributed by atoms with Crippen molar-refractivity contribution in [1.29, 1.82) is 0 Å². The summed E-state index contributed by atoms with van der Waals surface area (Å²) in [6.07, 6.45) is 3.65. The zero-order chi connectivity index (χ0) is 15.4. The molecule has 0 saturated carbocycles. The van der Waals surface area contributed by atoms with Crippen LogP contribution in [0.15, 0.2) is 16.8 Å². The molecular weight excluding hydrogens is 302 g/mol. The van der Waals surface area contributed by atoms with Crippen LogP contribution in [0.3, 0.4) is 0 Å². The topological polar surface area (TPSA) is 59.0 Å². The molecule has 2 saturated heterocycles. The Balaban J connectivity index is 1.55. The molecule has 5 nitrogen and oxygen atoms in total. The van der Waals surface area contributed by atoms with Gasteiger partial charge >= 0.3 is 0 Å². The van der Waals surface area contributed by atoms with Crippen LogP contribution in [0.2, 0.25) is 0 Å². The molecule has 0 bridgehead atoms. The molecule has 0 aliphatic carbocycles. The van der Waals surface area contributed by atoms with Crippen molar-refractivity contribution in [3.05, 3.63) is 22.4 Å². The molecule has 0 aromatic carbocycles. The molecule has 3 heterocycles. The van der Waals surface area contributed by atoms with Crippen LogP contribution in [-0.4, -0.2) is 60.5 Å². The normalized spacial score (nSPS) is 24.6. The third kappa shape index (κ3) is 3.51. The van der Waals surface area contributed by atoms with Gasteiger partial charge in [0, 0.05) is 31.5 Å². The van der Waals surface area contributed by atoms with E-state index in [1.807, 2.05) is 21.7 Å². The van der Waals surface area contributed by atoms with Gasteiger partial charge in [-0.3, -0.25) is 4.79 Å². The quantitative estimate of drug-likeness (QED) is 0.919. The summed E-state index contributed by atoms with van der Waals surface area (Å²) < 4.78 is 11.7. The number of hydrogen-bond donors (Lipinski definition) is 1. The number of carbonyl (C=O) groups excluding carboxylic acids is 1. The number of likely N-dealkylation sites (tertiary alicyclic amines) is 1. The SMILES string of the molecule is O=C(c1ccsc1)N1CCC2(CC1)CC(OCCO)CCO2. The van der Waals surface area contributed by atoms with Gasteiger partial charge in [-0.1, -0.05) is 0 Å². The minimum atomic E-state index is -0.149. The molecule has 6 heteroatoms. The zero-order valence-electron chi connectivity index (χ0n) is 12.7. The van der Waals surface area contributed by atoms with Gasteiger partial charge in [-0.2, -0.15) is 11.3 Å². The molecule has 1 aromatic heterocycles. The van der Waals surface area contributed by atoms with Crippen LogP contribution in [0.4, 0.5) is 0 Å². The van der Waals surface area contributed by atoms with Crippen molar-refractivity contribution >= 4 is 17.2 Å². The monoisotopic (exact) mass is 325 g/mol. The fraction of sp³-hybridized carbons (Fsp3) is 0.688. The number of nitrogens with zero attached hydrogens (tertiary/aromatic N) is 1. The Morgan fingerprint density at radius 1 is 1.50 bits per heavy atom. The fourth-order valence-electron chi connectivity index (χ4n) is 3.38. The van der Waals surface area contributed by atoms with E-state index in [2.05, 4.69) is 0 Å². The molecule has 2 aliphatic rings. The van der Waals surface area contributed by atoms with Crippen molar-refractivity contribution in [3.63, 3.8) is 0 Å². The molecule has 2 fully saturated rings. The van der Waals surface area contributed by atoms with Crippen LogP contribution in [0, 0.1) is 0 Å². The Hall–Kier alpha value is -0.950. The lowest BCUT2D eigenvalue weighted by Gasteiger charge is -2.46. The number of aliphatic hydroxyl groups is 1. The largest absolute Gasteiger partial charge is 0.394 e. The highest BCUT2D eigenvalue weighted by atomic mass is 32.1. The first-order valence-electron chi connectivity index (χ1n) is 7.90. The number of rotatable bonds is 4. The Morgan fingerprint density at radius 3 is 3.00 bits per heavy atom. The molecule has 1 atom stereocenters. The maximum Gasteiger partial charge on any atom is 0.254 e. The third-order valence-corrected chi connectivity index (χ3v) is 5.31. The lowest BCUT2D eigenvalue weighted by molar-refractivity contribution is -0.154. The maximum atomic E-state index is 12.4. The van der Waals surface area contributed by atoms with E-state index in [9.17, 15) is 4.79 Å². The highest BCUT2D eigenvalue weighted by molar-refractivity contribution is 7.08. The van der Waals surface area contributed by atoms with Gasteiger partial charge < -0.3 is 19.5 Å². The van der Waals surface area contributed by atoms with Crippen molar-refractivity contribution in [1.82, 2.24) is 4.90 Å². The first-order valence-corrected chi connectivity index (χ1v) is 8.85. The van der Waals surface area contributed by atoms with E-state index in [1.54, 1.807) is 11.3 Å². The van der Waals surface area contributed by atoms with Crippen molar-refractivity contribution in [2.75, 3.05) is 32.9 Å². The van der Waals surface area contributed by atoms with E-state index in [0.717, 1.165) is 44.3 Å². The zero-order valence-corrected chi connectivity index (χ0v) is 13.5. The molecule has 22 heavy (non-hydrogen) atoms. The van der Waals surface area contributed by atoms with Gasteiger partial charge in [0.05, 0.1) is 30.5 Å². The highest BCUT2D eigenvalue weighted by Crippen LogP contribution is 2.36. The van der Waals surface area contributed by atoms with Crippen molar-refractivity contribution < 1.29 is 19.4 Å². The lowest BCUT2D eigenvalue weighted by atomic mass is 9.83. The van der Waals surface area contributed by atoms with Gasteiger partial charge in [-0.25, -0.2) is 0 Å². The molecule has 3 rings (SSSR count). The van der Waals surface area contributed by atoms with Gasteiger partial charge in [-0.15, -0.1) is 0 Å².